The molecule has 0 aromatic carbocycles. The van der Waals surface area contributed by atoms with Gasteiger partial charge in [-0.05, 0) is 5.53 Å². The van der Waals surface area contributed by atoms with Crippen LogP contribution in [0.2, 0.25) is 0 Å². The zero-order chi connectivity index (χ0) is 8.36. The average Bonchev–Trinajstić information content (AvgIpc) is 2.03. The Bertz CT molecular complexity index is 143. The molecule has 0 rings (SSSR count). The lowest BCUT2D eigenvalue weighted by molar-refractivity contribution is -0.109. The van der Waals surface area contributed by atoms with Crippen molar-refractivity contribution in [1.82, 2.24) is 5.32 Å². The Morgan fingerprint density at radius 1 is 1.64 bits per heavy atom. The minimum atomic E-state index is 0.331. The number of hydrogen-bond acceptors (Lipinski definition) is 3. The van der Waals surface area contributed by atoms with Crippen molar-refractivity contribution < 1.29 is 9.53 Å². The molecule has 0 atom stereocenters. The first-order valence-corrected chi connectivity index (χ1v) is 3.17. The van der Waals surface area contributed by atoms with Gasteiger partial charge in [0.2, 0.25) is 6.41 Å². The van der Waals surface area contributed by atoms with E-state index < -0.39 is 0 Å². The number of amides is 1. The number of nitrogens with zero attached hydrogens (tertiary/aromatic N) is 3. The highest BCUT2D eigenvalue weighted by molar-refractivity contribution is 5.45. The second-order valence-corrected chi connectivity index (χ2v) is 1.64. The monoisotopic (exact) mass is 158 g/mol. The summed E-state index contributed by atoms with van der Waals surface area (Å²) in [6.45, 7) is 1.65. The van der Waals surface area contributed by atoms with Crippen LogP contribution in [-0.4, -0.2) is 32.7 Å². The van der Waals surface area contributed by atoms with Crippen LogP contribution < -0.4 is 5.32 Å². The van der Waals surface area contributed by atoms with Crippen molar-refractivity contribution in [3.63, 3.8) is 0 Å². The van der Waals surface area contributed by atoms with Gasteiger partial charge in [-0.1, -0.05) is 5.11 Å². The fraction of sp³-hybridized carbons (Fsp3) is 0.800. The number of carbonyl (C=O) groups excluding carboxylic acids is 1. The van der Waals surface area contributed by atoms with Crippen molar-refractivity contribution in [2.45, 2.75) is 0 Å². The molecule has 0 saturated heterocycles. The third-order valence-electron chi connectivity index (χ3n) is 0.873. The van der Waals surface area contributed by atoms with Gasteiger partial charge in [0.05, 0.1) is 13.2 Å². The summed E-state index contributed by atoms with van der Waals surface area (Å²) in [6.07, 6.45) is 0.608. The molecule has 0 aliphatic heterocycles. The van der Waals surface area contributed by atoms with Crippen LogP contribution >= 0.6 is 0 Å². The van der Waals surface area contributed by atoms with Gasteiger partial charge in [-0.15, -0.1) is 0 Å². The molecule has 62 valence electrons. The van der Waals surface area contributed by atoms with E-state index in [-0.39, 0.29) is 0 Å². The normalized spacial score (nSPS) is 8.36. The predicted octanol–water partition coefficient (Wildman–Crippen LogP) is 0.0593. The lowest BCUT2D eigenvalue weighted by atomic mass is 10.6. The van der Waals surface area contributed by atoms with Crippen LogP contribution in [0.25, 0.3) is 10.4 Å². The molecular weight excluding hydrogens is 148 g/mol. The van der Waals surface area contributed by atoms with Gasteiger partial charge in [0.15, 0.2) is 0 Å². The van der Waals surface area contributed by atoms with Gasteiger partial charge >= 0.3 is 0 Å². The molecule has 6 heteroatoms. The van der Waals surface area contributed by atoms with Crippen LogP contribution in [-0.2, 0) is 9.53 Å². The summed E-state index contributed by atoms with van der Waals surface area (Å²) >= 11 is 0. The number of carbonyl (C=O) groups is 1. The number of hydrogen-bond donors (Lipinski definition) is 1. The predicted molar refractivity (Wildman–Crippen MR) is 38.9 cm³/mol. The molecule has 11 heavy (non-hydrogen) atoms. The number of ether oxygens (including phenoxy) is 1. The highest BCUT2D eigenvalue weighted by Gasteiger charge is 1.84. The molecule has 0 saturated carbocycles. The molecule has 0 aromatic heterocycles. The van der Waals surface area contributed by atoms with Gasteiger partial charge in [0.1, 0.15) is 0 Å². The van der Waals surface area contributed by atoms with Crippen molar-refractivity contribution >= 4 is 6.41 Å². The first-order valence-electron chi connectivity index (χ1n) is 3.17. The Balaban J connectivity index is 2.90. The molecule has 6 nitrogen and oxygen atoms in total. The van der Waals surface area contributed by atoms with Gasteiger partial charge in [-0.3, -0.25) is 4.79 Å². The highest BCUT2D eigenvalue weighted by atomic mass is 16.5. The lowest BCUT2D eigenvalue weighted by Gasteiger charge is -1.99. The van der Waals surface area contributed by atoms with Crippen molar-refractivity contribution in [2.75, 3.05) is 26.3 Å². The first kappa shape index (κ1) is 9.74. The number of rotatable bonds is 7. The maximum absolute atomic E-state index is 9.71. The van der Waals surface area contributed by atoms with E-state index >= 15 is 0 Å². The minimum Gasteiger partial charge on any atom is -0.379 e. The minimum absolute atomic E-state index is 0.331. The summed E-state index contributed by atoms with van der Waals surface area (Å²) in [7, 11) is 0. The maximum atomic E-state index is 9.71. The van der Waals surface area contributed by atoms with E-state index in [0.717, 1.165) is 0 Å². The molecule has 0 heterocycles. The fourth-order valence-electron chi connectivity index (χ4n) is 0.442. The molecule has 0 aromatic rings. The Kier molecular flexibility index (Phi) is 7.74. The summed E-state index contributed by atoms with van der Waals surface area (Å²) < 4.78 is 4.95. The molecule has 1 amide bonds. The fourth-order valence-corrected chi connectivity index (χ4v) is 0.442. The highest BCUT2D eigenvalue weighted by Crippen LogP contribution is 1.75. The molecule has 0 unspecified atom stereocenters. The third kappa shape index (κ3) is 8.74. The quantitative estimate of drug-likeness (QED) is 0.187. The average molecular weight is 158 g/mol. The maximum Gasteiger partial charge on any atom is 0.207 e. The van der Waals surface area contributed by atoms with Gasteiger partial charge in [0.25, 0.3) is 0 Å². The molecule has 0 aliphatic carbocycles. The van der Waals surface area contributed by atoms with Gasteiger partial charge in [-0.2, -0.15) is 0 Å². The van der Waals surface area contributed by atoms with Crippen molar-refractivity contribution in [2.24, 2.45) is 5.11 Å². The molecule has 0 fully saturated rings. The van der Waals surface area contributed by atoms with Gasteiger partial charge in [-0.25, -0.2) is 0 Å². The van der Waals surface area contributed by atoms with E-state index in [0.29, 0.717) is 32.7 Å². The summed E-state index contributed by atoms with van der Waals surface area (Å²) in [5, 5.41) is 5.69. The second-order valence-electron chi connectivity index (χ2n) is 1.64. The van der Waals surface area contributed by atoms with Crippen molar-refractivity contribution in [3.05, 3.63) is 10.4 Å². The van der Waals surface area contributed by atoms with Crippen molar-refractivity contribution in [1.29, 1.82) is 0 Å². The Hall–Kier alpha value is -1.26. The Morgan fingerprint density at radius 2 is 2.45 bits per heavy atom. The van der Waals surface area contributed by atoms with Crippen LogP contribution in [0.5, 0.6) is 0 Å². The smallest absolute Gasteiger partial charge is 0.207 e. The van der Waals surface area contributed by atoms with E-state index in [1.807, 2.05) is 0 Å². The van der Waals surface area contributed by atoms with Crippen LogP contribution in [0.1, 0.15) is 0 Å². The summed E-state index contributed by atoms with van der Waals surface area (Å²) in [5.74, 6) is 0. The molecule has 0 spiro atoms. The summed E-state index contributed by atoms with van der Waals surface area (Å²) in [4.78, 5) is 12.2. The van der Waals surface area contributed by atoms with E-state index in [1.165, 1.54) is 0 Å². The summed E-state index contributed by atoms with van der Waals surface area (Å²) in [6, 6.07) is 0. The second kappa shape index (κ2) is 8.74. The zero-order valence-corrected chi connectivity index (χ0v) is 6.06. The molecule has 0 aliphatic rings. The summed E-state index contributed by atoms with van der Waals surface area (Å²) in [5.41, 5.74) is 7.85. The molecule has 0 radical (unpaired) electrons. The van der Waals surface area contributed by atoms with Crippen LogP contribution in [0.4, 0.5) is 0 Å². The topological polar surface area (TPSA) is 87.1 Å². The molecular formula is C5H10N4O2. The zero-order valence-electron chi connectivity index (χ0n) is 6.06. The number of nitrogens with one attached hydrogen (secondary N) is 1. The van der Waals surface area contributed by atoms with Crippen LogP contribution in [0.3, 0.4) is 0 Å². The first-order chi connectivity index (χ1) is 5.41. The number of azide groups is 1. The third-order valence-corrected chi connectivity index (χ3v) is 0.873. The largest absolute Gasteiger partial charge is 0.379 e. The van der Waals surface area contributed by atoms with E-state index in [9.17, 15) is 4.79 Å². The Labute approximate surface area is 64.2 Å². The van der Waals surface area contributed by atoms with Crippen LogP contribution in [0, 0.1) is 0 Å². The lowest BCUT2D eigenvalue weighted by Crippen LogP contribution is -2.18. The Morgan fingerprint density at radius 3 is 3.09 bits per heavy atom. The van der Waals surface area contributed by atoms with Gasteiger partial charge < -0.3 is 10.1 Å². The standard InChI is InChI=1S/C5H10N4O2/c6-9-8-2-4-11-3-1-7-5-10/h5H,1-4H2,(H,7,10). The van der Waals surface area contributed by atoms with E-state index in [2.05, 4.69) is 15.3 Å². The SMILES string of the molecule is [N-]=[N+]=NCCOCCNC=O. The van der Waals surface area contributed by atoms with E-state index in [1.54, 1.807) is 0 Å². The van der Waals surface area contributed by atoms with Gasteiger partial charge in [0, 0.05) is 18.0 Å². The molecule has 1 N–H and O–H groups in total. The molecule has 0 bridgehead atoms. The van der Waals surface area contributed by atoms with Crippen LogP contribution in [0.15, 0.2) is 5.11 Å². The van der Waals surface area contributed by atoms with Crippen molar-refractivity contribution in [3.8, 4) is 0 Å². The van der Waals surface area contributed by atoms with E-state index in [4.69, 9.17) is 10.3 Å².